The van der Waals surface area contributed by atoms with E-state index in [1.165, 1.54) is 0 Å². The minimum Gasteiger partial charge on any atom is -0.494 e. The molecule has 1 fully saturated rings. The smallest absolute Gasteiger partial charge is 0.237 e. The molecule has 1 saturated carbocycles. The van der Waals surface area contributed by atoms with Crippen molar-refractivity contribution in [3.63, 3.8) is 0 Å². The van der Waals surface area contributed by atoms with Crippen molar-refractivity contribution in [2.45, 2.75) is 44.2 Å². The zero-order valence-corrected chi connectivity index (χ0v) is 12.7. The fourth-order valence-corrected chi connectivity index (χ4v) is 2.87. The van der Waals surface area contributed by atoms with E-state index < -0.39 is 5.54 Å². The molecule has 0 saturated heterocycles. The predicted octanol–water partition coefficient (Wildman–Crippen LogP) is 1.85. The van der Waals surface area contributed by atoms with Gasteiger partial charge in [-0.05, 0) is 57.5 Å². The van der Waals surface area contributed by atoms with Gasteiger partial charge in [0.15, 0.2) is 0 Å². The van der Waals surface area contributed by atoms with Gasteiger partial charge >= 0.3 is 0 Å². The van der Waals surface area contributed by atoms with Gasteiger partial charge in [0.25, 0.3) is 0 Å². The number of hydrogen-bond acceptors (Lipinski definition) is 4. The molecular formula is C16H24N2O3. The normalized spacial score (nSPS) is 25.3. The van der Waals surface area contributed by atoms with E-state index in [2.05, 4.69) is 5.32 Å². The quantitative estimate of drug-likeness (QED) is 0.839. The number of rotatable bonds is 6. The van der Waals surface area contributed by atoms with Crippen molar-refractivity contribution in [3.8, 4) is 11.5 Å². The van der Waals surface area contributed by atoms with Gasteiger partial charge in [0.05, 0.1) is 6.61 Å². The van der Waals surface area contributed by atoms with Crippen LogP contribution in [0.15, 0.2) is 24.3 Å². The first-order valence-electron chi connectivity index (χ1n) is 7.48. The van der Waals surface area contributed by atoms with Crippen LogP contribution >= 0.6 is 0 Å². The molecular weight excluding hydrogens is 268 g/mol. The molecule has 0 spiro atoms. The summed E-state index contributed by atoms with van der Waals surface area (Å²) in [6, 6.07) is 7.57. The van der Waals surface area contributed by atoms with Crippen LogP contribution in [0.5, 0.6) is 11.5 Å². The maximum Gasteiger partial charge on any atom is 0.237 e. The highest BCUT2D eigenvalue weighted by Crippen LogP contribution is 2.31. The molecule has 0 radical (unpaired) electrons. The number of likely N-dealkylation sites (N-methyl/N-ethyl adjacent to an activating group) is 1. The summed E-state index contributed by atoms with van der Waals surface area (Å²) in [4.78, 5) is 11.7. The third kappa shape index (κ3) is 3.67. The van der Waals surface area contributed by atoms with Crippen LogP contribution in [-0.2, 0) is 4.79 Å². The maximum absolute atomic E-state index is 11.7. The highest BCUT2D eigenvalue weighted by Gasteiger charge is 2.40. The number of benzene rings is 1. The lowest BCUT2D eigenvalue weighted by molar-refractivity contribution is -0.126. The van der Waals surface area contributed by atoms with Crippen LogP contribution < -0.4 is 20.5 Å². The lowest BCUT2D eigenvalue weighted by atomic mass is 9.79. The van der Waals surface area contributed by atoms with Crippen molar-refractivity contribution < 1.29 is 14.3 Å². The minimum atomic E-state index is -0.645. The minimum absolute atomic E-state index is 0.00311. The Morgan fingerprint density at radius 3 is 2.62 bits per heavy atom. The van der Waals surface area contributed by atoms with E-state index in [1.54, 1.807) is 7.05 Å². The largest absolute Gasteiger partial charge is 0.494 e. The molecule has 0 bridgehead atoms. The van der Waals surface area contributed by atoms with Crippen molar-refractivity contribution in [3.05, 3.63) is 24.3 Å². The number of carbonyl (C=O) groups excluding carboxylic acids is 1. The Morgan fingerprint density at radius 1 is 1.38 bits per heavy atom. The fraction of sp³-hybridized carbons (Fsp3) is 0.562. The molecule has 3 N–H and O–H groups in total. The van der Waals surface area contributed by atoms with Crippen LogP contribution in [0.1, 0.15) is 32.6 Å². The Labute approximate surface area is 125 Å². The number of hydrogen-bond donors (Lipinski definition) is 2. The number of primary amides is 1. The summed E-state index contributed by atoms with van der Waals surface area (Å²) in [6.07, 6.45) is 3.22. The van der Waals surface area contributed by atoms with Gasteiger partial charge < -0.3 is 20.5 Å². The standard InChI is InChI=1S/C16H24N2O3/c1-3-20-12-6-8-13(9-7-12)21-14-5-4-10-16(11-14,18-2)15(17)19/h6-9,14,18H,3-5,10-11H2,1-2H3,(H2,17,19). The summed E-state index contributed by atoms with van der Waals surface area (Å²) >= 11 is 0. The van der Waals surface area contributed by atoms with Crippen molar-refractivity contribution in [2.24, 2.45) is 5.73 Å². The first-order valence-corrected chi connectivity index (χ1v) is 7.48. The molecule has 2 rings (SSSR count). The third-order valence-electron chi connectivity index (χ3n) is 4.09. The van der Waals surface area contributed by atoms with Gasteiger partial charge in [-0.3, -0.25) is 4.79 Å². The number of nitrogens with two attached hydrogens (primary N) is 1. The number of carbonyl (C=O) groups is 1. The molecule has 5 nitrogen and oxygen atoms in total. The second-order valence-corrected chi connectivity index (χ2v) is 5.44. The predicted molar refractivity (Wildman–Crippen MR) is 81.5 cm³/mol. The summed E-state index contributed by atoms with van der Waals surface area (Å²) in [5.74, 6) is 1.32. The van der Waals surface area contributed by atoms with Gasteiger partial charge in [0, 0.05) is 6.42 Å². The van der Waals surface area contributed by atoms with E-state index in [9.17, 15) is 4.79 Å². The van der Waals surface area contributed by atoms with Gasteiger partial charge in [-0.1, -0.05) is 0 Å². The number of ether oxygens (including phenoxy) is 2. The lowest BCUT2D eigenvalue weighted by Gasteiger charge is -2.38. The van der Waals surface area contributed by atoms with Gasteiger partial charge in [0.1, 0.15) is 23.1 Å². The second kappa shape index (κ2) is 6.80. The fourth-order valence-electron chi connectivity index (χ4n) is 2.87. The Balaban J connectivity index is 2.00. The molecule has 21 heavy (non-hydrogen) atoms. The molecule has 1 aliphatic rings. The second-order valence-electron chi connectivity index (χ2n) is 5.44. The maximum atomic E-state index is 11.7. The monoisotopic (exact) mass is 292 g/mol. The van der Waals surface area contributed by atoms with E-state index in [0.29, 0.717) is 13.0 Å². The van der Waals surface area contributed by atoms with Crippen molar-refractivity contribution in [2.75, 3.05) is 13.7 Å². The van der Waals surface area contributed by atoms with Gasteiger partial charge in [-0.25, -0.2) is 0 Å². The summed E-state index contributed by atoms with van der Waals surface area (Å²) in [5.41, 5.74) is 4.90. The molecule has 116 valence electrons. The first-order chi connectivity index (χ1) is 10.1. The molecule has 2 unspecified atom stereocenters. The summed E-state index contributed by atoms with van der Waals surface area (Å²) in [7, 11) is 1.78. The molecule has 1 aromatic rings. The Hall–Kier alpha value is -1.75. The van der Waals surface area contributed by atoms with E-state index in [0.717, 1.165) is 30.8 Å². The highest BCUT2D eigenvalue weighted by atomic mass is 16.5. The Kier molecular flexibility index (Phi) is 5.07. The van der Waals surface area contributed by atoms with Gasteiger partial charge in [-0.15, -0.1) is 0 Å². The van der Waals surface area contributed by atoms with E-state index in [-0.39, 0.29) is 12.0 Å². The average molecular weight is 292 g/mol. The van der Waals surface area contributed by atoms with Crippen LogP contribution in [-0.4, -0.2) is 31.2 Å². The molecule has 0 heterocycles. The third-order valence-corrected chi connectivity index (χ3v) is 4.09. The number of amides is 1. The van der Waals surface area contributed by atoms with E-state index in [4.69, 9.17) is 15.2 Å². The first kappa shape index (κ1) is 15.6. The van der Waals surface area contributed by atoms with Crippen molar-refractivity contribution in [1.29, 1.82) is 0 Å². The summed E-state index contributed by atoms with van der Waals surface area (Å²) in [5, 5.41) is 3.08. The van der Waals surface area contributed by atoms with Crippen molar-refractivity contribution in [1.82, 2.24) is 5.32 Å². The summed E-state index contributed by atoms with van der Waals surface area (Å²) < 4.78 is 11.4. The van der Waals surface area contributed by atoms with Crippen LogP contribution in [0.25, 0.3) is 0 Å². The average Bonchev–Trinajstić information content (AvgIpc) is 2.49. The van der Waals surface area contributed by atoms with Crippen LogP contribution in [0, 0.1) is 0 Å². The van der Waals surface area contributed by atoms with Crippen LogP contribution in [0.4, 0.5) is 0 Å². The molecule has 1 amide bonds. The van der Waals surface area contributed by atoms with E-state index in [1.807, 2.05) is 31.2 Å². The molecule has 5 heteroatoms. The van der Waals surface area contributed by atoms with Gasteiger partial charge in [-0.2, -0.15) is 0 Å². The van der Waals surface area contributed by atoms with E-state index >= 15 is 0 Å². The topological polar surface area (TPSA) is 73.6 Å². The van der Waals surface area contributed by atoms with Crippen LogP contribution in [0.2, 0.25) is 0 Å². The van der Waals surface area contributed by atoms with Gasteiger partial charge in [0.2, 0.25) is 5.91 Å². The van der Waals surface area contributed by atoms with Crippen LogP contribution in [0.3, 0.4) is 0 Å². The summed E-state index contributed by atoms with van der Waals surface area (Å²) in [6.45, 7) is 2.60. The SMILES string of the molecule is CCOc1ccc(OC2CCCC(NC)(C(N)=O)C2)cc1. The number of nitrogens with one attached hydrogen (secondary N) is 1. The molecule has 1 aliphatic carbocycles. The lowest BCUT2D eigenvalue weighted by Crippen LogP contribution is -2.58. The zero-order valence-electron chi connectivity index (χ0n) is 12.7. The molecule has 2 atom stereocenters. The molecule has 0 aliphatic heterocycles. The molecule has 1 aromatic carbocycles. The molecule has 0 aromatic heterocycles. The van der Waals surface area contributed by atoms with Crippen molar-refractivity contribution >= 4 is 5.91 Å². The Bertz CT molecular complexity index is 475. The zero-order chi connectivity index (χ0) is 15.3. The Morgan fingerprint density at radius 2 is 2.05 bits per heavy atom. The highest BCUT2D eigenvalue weighted by molar-refractivity contribution is 5.84.